The molecule has 664 valence electrons. The van der Waals surface area contributed by atoms with Gasteiger partial charge in [0.15, 0.2) is 13.2 Å². The molecule has 0 spiro atoms. The van der Waals surface area contributed by atoms with Crippen LogP contribution in [0.1, 0.15) is 223 Å². The summed E-state index contributed by atoms with van der Waals surface area (Å²) in [6, 6.07) is 0. The van der Waals surface area contributed by atoms with Crippen molar-refractivity contribution in [2.75, 3.05) is 72.9 Å². The summed E-state index contributed by atoms with van der Waals surface area (Å²) in [4.78, 5) is 120. The third-order valence-electron chi connectivity index (χ3n) is 14.6. The van der Waals surface area contributed by atoms with Gasteiger partial charge in [0.05, 0.1) is 74.0 Å². The Kier molecular flexibility index (Phi) is 61.0. The lowest BCUT2D eigenvalue weighted by molar-refractivity contribution is -0.342. The number of alkyl halides is 18. The molecule has 6 unspecified atom stereocenters. The number of unbranched alkanes of at least 4 members (excludes halogenated alkanes) is 2. The summed E-state index contributed by atoms with van der Waals surface area (Å²) >= 11 is 0. The van der Waals surface area contributed by atoms with Gasteiger partial charge >= 0.3 is 113 Å². The van der Waals surface area contributed by atoms with E-state index in [1.54, 1.807) is 76.2 Å². The van der Waals surface area contributed by atoms with Gasteiger partial charge in [0.1, 0.15) is 19.8 Å². The molecule has 0 radical (unpaired) electrons. The average Bonchev–Trinajstić information content (AvgIpc) is 0.846. The predicted molar refractivity (Wildman–Crippen MR) is 365 cm³/mol. The van der Waals surface area contributed by atoms with Crippen LogP contribution in [0.25, 0.3) is 0 Å². The van der Waals surface area contributed by atoms with E-state index >= 15 is 0 Å². The smallest absolute Gasteiger partial charge is 0.419 e. The number of esters is 11. The van der Waals surface area contributed by atoms with E-state index in [4.69, 9.17) is 14.2 Å². The normalized spacial score (nSPS) is 13.5. The van der Waals surface area contributed by atoms with Gasteiger partial charge in [0.2, 0.25) is 6.79 Å². The fourth-order valence-corrected chi connectivity index (χ4v) is 5.12. The quantitative estimate of drug-likeness (QED) is 0.0180. The number of hydrogen-bond donors (Lipinski definition) is 0. The van der Waals surface area contributed by atoms with Gasteiger partial charge in [-0.05, 0) is 84.5 Å². The van der Waals surface area contributed by atoms with Crippen LogP contribution in [0.15, 0.2) is 0 Å². The van der Waals surface area contributed by atoms with Gasteiger partial charge in [-0.15, -0.1) is 0 Å². The van der Waals surface area contributed by atoms with E-state index in [0.717, 1.165) is 6.92 Å². The second-order valence-electron chi connectivity index (χ2n) is 26.3. The van der Waals surface area contributed by atoms with Gasteiger partial charge in [-0.1, -0.05) is 90.0 Å². The molecule has 112 heavy (non-hydrogen) atoms. The van der Waals surface area contributed by atoms with Gasteiger partial charge in [0, 0.05) is 48.5 Å². The molecule has 23 nitrogen and oxygen atoms in total. The minimum atomic E-state index is -4.56. The van der Waals surface area contributed by atoms with Crippen LogP contribution in [0.5, 0.6) is 0 Å². The first kappa shape index (κ1) is 118. The van der Waals surface area contributed by atoms with Crippen molar-refractivity contribution in [3.05, 3.63) is 0 Å². The second kappa shape index (κ2) is 57.8. The van der Waals surface area contributed by atoms with Crippen molar-refractivity contribution in [3.8, 4) is 0 Å². The highest BCUT2D eigenvalue weighted by atomic mass is 19.3. The minimum absolute atomic E-state index is 0.0537. The van der Waals surface area contributed by atoms with E-state index in [1.807, 2.05) is 20.8 Å². The Morgan fingerprint density at radius 3 is 0.768 bits per heavy atom. The van der Waals surface area contributed by atoms with E-state index in [0.29, 0.717) is 98.3 Å². The summed E-state index contributed by atoms with van der Waals surface area (Å²) in [5.74, 6) is -41.6. The summed E-state index contributed by atoms with van der Waals surface area (Å²) in [5, 5.41) is 0. The Morgan fingerprint density at radius 2 is 0.500 bits per heavy atom. The van der Waals surface area contributed by atoms with Crippen molar-refractivity contribution in [1.29, 1.82) is 0 Å². The molecule has 0 saturated carbocycles. The summed E-state index contributed by atoms with van der Waals surface area (Å²) in [5.41, 5.74) is -0.517. The number of carbonyl (C=O) groups is 11. The van der Waals surface area contributed by atoms with E-state index < -0.39 is 152 Å². The highest BCUT2D eigenvalue weighted by Gasteiger charge is 2.54. The van der Waals surface area contributed by atoms with Gasteiger partial charge < -0.3 is 56.8 Å². The van der Waals surface area contributed by atoms with Gasteiger partial charge in [-0.3, -0.25) is 33.6 Å². The van der Waals surface area contributed by atoms with Crippen LogP contribution in [0, 0.1) is 40.9 Å². The van der Waals surface area contributed by atoms with Crippen molar-refractivity contribution in [3.63, 3.8) is 0 Å². The van der Waals surface area contributed by atoms with Gasteiger partial charge in [0.25, 0.3) is 5.92 Å². The van der Waals surface area contributed by atoms with Crippen LogP contribution in [0.4, 0.5) is 79.0 Å². The molecule has 41 heteroatoms. The Hall–Kier alpha value is -7.13. The molecule has 0 aromatic carbocycles. The number of rotatable bonds is 43. The molecule has 0 bridgehead atoms. The minimum Gasteiger partial charge on any atom is -0.465 e. The Morgan fingerprint density at radius 1 is 0.268 bits per heavy atom. The van der Waals surface area contributed by atoms with Crippen LogP contribution in [0.3, 0.4) is 0 Å². The number of carbonyl (C=O) groups excluding carboxylic acids is 11. The zero-order valence-corrected chi connectivity index (χ0v) is 67.7. The maximum Gasteiger partial charge on any atom is 0.419 e. The van der Waals surface area contributed by atoms with E-state index in [9.17, 15) is 132 Å². The molecule has 0 aromatic rings. The highest BCUT2D eigenvalue weighted by molar-refractivity contribution is 5.79. The third-order valence-corrected chi connectivity index (χ3v) is 14.6. The molecule has 0 rings (SSSR count). The predicted octanol–water partition coefficient (Wildman–Crippen LogP) is 16.9. The third kappa shape index (κ3) is 62.3. The SMILES string of the molecule is CCC(C)(C)C(=O)OCCCCOC(=O)C(C)(F)F.CCC(C)C(=O)OCC(C)(F)F.CCC(C)C(=O)OCC(F)(F)C(C)(F)F.CCC(C)C(=O)OCCCCOC(=O)C(C)(F)F.CCC(C)C(=O)OCCOC(=O)C(C)(F)F.CCC(C)C(=O)OCCOC(F)(F)C(C)(F)F.CCC(C)C(=O)OCOC(=O)C(C)(F)F. The van der Waals surface area contributed by atoms with Crippen LogP contribution in [-0.4, -0.2) is 192 Å². The number of ether oxygens (including phenoxy) is 12. The highest BCUT2D eigenvalue weighted by Crippen LogP contribution is 2.35. The molecule has 0 amide bonds. The average molecular weight is 1680 g/mol. The zero-order valence-electron chi connectivity index (χ0n) is 67.7. The summed E-state index contributed by atoms with van der Waals surface area (Å²) in [7, 11) is 0. The van der Waals surface area contributed by atoms with Crippen molar-refractivity contribution in [2.45, 2.75) is 276 Å². The zero-order chi connectivity index (χ0) is 89.9. The molecule has 0 saturated heterocycles. The van der Waals surface area contributed by atoms with Crippen LogP contribution >= 0.6 is 0 Å². The second-order valence-corrected chi connectivity index (χ2v) is 26.3. The summed E-state index contributed by atoms with van der Waals surface area (Å²) in [6.45, 7) is 23.9. The molecular weight excluding hydrogens is 1560 g/mol. The van der Waals surface area contributed by atoms with Crippen LogP contribution in [-0.2, 0) is 110 Å². The van der Waals surface area contributed by atoms with Crippen molar-refractivity contribution in [1.82, 2.24) is 0 Å². The molecule has 0 aliphatic carbocycles. The van der Waals surface area contributed by atoms with Gasteiger partial charge in [-0.2, -0.15) is 61.5 Å². The Labute approximate surface area is 642 Å². The van der Waals surface area contributed by atoms with E-state index in [2.05, 4.69) is 42.6 Å². The summed E-state index contributed by atoms with van der Waals surface area (Å²) in [6.07, 6.45) is 1.29. The summed E-state index contributed by atoms with van der Waals surface area (Å²) < 4.78 is 275. The molecule has 6 atom stereocenters. The molecule has 0 aliphatic heterocycles. The lowest BCUT2D eigenvalue weighted by Crippen LogP contribution is -2.42. The molecule has 0 fully saturated rings. The van der Waals surface area contributed by atoms with E-state index in [1.165, 1.54) is 6.92 Å². The standard InChI is InChI=1S/C13H22F2O4.C12H20F2O4.C10H16F4O3.C10H16F2O4.C9H14F4O2.C9H14F2O4.C8H14F2O2/c1-5-12(2,3)10(16)18-8-6-7-9-19-11(17)13(4,14)15;1-4-9(2)10(15)17-7-5-6-8-18-11(16)12(3,13)14;1-4-7(2)8(15)16-5-6-17-10(13,14)9(3,11)12;1-4-7(2)8(13)15-5-6-16-9(14)10(3,11)12;1-4-6(2)7(14)15-5-9(12,13)8(3,10)11;1-4-6(2)7(12)14-5-15-8(13)9(3,10)11;1-4-6(2)7(11)12-5-8(3,9)10/h5-9H2,1-4H3;9H,4-8H2,1-3H3;7H,4-6H2,1-3H3;7H,4-6H2,1-3H3;2*6H,4-5H2,1-3H3;6H,4-5H2,1-3H3. The topological polar surface area (TPSA) is 299 Å². The van der Waals surface area contributed by atoms with Gasteiger partial charge in [-0.25, -0.2) is 36.7 Å². The van der Waals surface area contributed by atoms with Crippen molar-refractivity contribution >= 4 is 65.7 Å². The fourth-order valence-electron chi connectivity index (χ4n) is 5.12. The number of hydrogen-bond acceptors (Lipinski definition) is 23. The molecular formula is C71H116F18O23. The molecule has 0 N–H and O–H groups in total. The first-order valence-corrected chi connectivity index (χ1v) is 35.5. The number of halogens is 18. The molecule has 0 heterocycles. The lowest BCUT2D eigenvalue weighted by atomic mass is 9.91. The monoisotopic (exact) mass is 1680 g/mol. The Balaban J connectivity index is -0.000000231. The Bertz CT molecular complexity index is 2690. The lowest BCUT2D eigenvalue weighted by Gasteiger charge is -2.23. The van der Waals surface area contributed by atoms with Crippen LogP contribution in [0.2, 0.25) is 0 Å². The van der Waals surface area contributed by atoms with Crippen LogP contribution < -0.4 is 0 Å². The van der Waals surface area contributed by atoms with E-state index in [-0.39, 0.29) is 95.0 Å². The largest absolute Gasteiger partial charge is 0.465 e. The van der Waals surface area contributed by atoms with Crippen molar-refractivity contribution < 1.29 is 189 Å². The maximum absolute atomic E-state index is 12.6. The van der Waals surface area contributed by atoms with Crippen molar-refractivity contribution in [2.24, 2.45) is 40.9 Å². The molecule has 0 aromatic heterocycles. The fraction of sp³-hybridized carbons (Fsp3) is 0.845. The first-order chi connectivity index (χ1) is 50.6. The molecule has 0 aliphatic rings. The first-order valence-electron chi connectivity index (χ1n) is 35.5. The maximum atomic E-state index is 12.6.